The lowest BCUT2D eigenvalue weighted by atomic mass is 10.0. The number of pyridine rings is 1. The zero-order chi connectivity index (χ0) is 29.3. The van der Waals surface area contributed by atoms with Crippen LogP contribution in [0.4, 0.5) is 11.8 Å². The Labute approximate surface area is 244 Å². The van der Waals surface area contributed by atoms with Gasteiger partial charge in [-0.25, -0.2) is 0 Å². The standard InChI is InChI=1S/C32H24N8O3/c1-2-33-29(41)30-37-38-32(43-30)36-27-25(22-15-16-23-21(18-22)14-9-17-34-23)31(42)40-28(35-27)24(19-10-5-3-6-11-19)26(39-40)20-12-7-4-8-13-20/h3-18,35H,2H2,1H3,(H,33,41)(H,36,38). The van der Waals surface area contributed by atoms with Gasteiger partial charge in [0.05, 0.1) is 16.6 Å². The second kappa shape index (κ2) is 10.7. The highest BCUT2D eigenvalue weighted by Gasteiger charge is 2.24. The average Bonchev–Trinajstić information content (AvgIpc) is 3.67. The molecule has 0 radical (unpaired) electrons. The minimum Gasteiger partial charge on any atom is -0.399 e. The number of hydrogen-bond acceptors (Lipinski definition) is 8. The van der Waals surface area contributed by atoms with Gasteiger partial charge >= 0.3 is 17.8 Å². The molecule has 1 amide bonds. The summed E-state index contributed by atoms with van der Waals surface area (Å²) in [7, 11) is 0. The van der Waals surface area contributed by atoms with Crippen molar-refractivity contribution in [3.05, 3.63) is 113 Å². The monoisotopic (exact) mass is 568 g/mol. The molecule has 7 rings (SSSR count). The molecule has 0 unspecified atom stereocenters. The van der Waals surface area contributed by atoms with Gasteiger partial charge in [0.1, 0.15) is 17.2 Å². The molecule has 0 bridgehead atoms. The van der Waals surface area contributed by atoms with Gasteiger partial charge in [0.2, 0.25) is 0 Å². The van der Waals surface area contributed by atoms with Crippen molar-refractivity contribution in [2.24, 2.45) is 0 Å². The Bertz CT molecular complexity index is 2170. The van der Waals surface area contributed by atoms with Gasteiger partial charge in [-0.15, -0.1) is 5.10 Å². The molecule has 3 aromatic carbocycles. The molecule has 0 fully saturated rings. The highest BCUT2D eigenvalue weighted by atomic mass is 16.4. The lowest BCUT2D eigenvalue weighted by Gasteiger charge is -2.12. The summed E-state index contributed by atoms with van der Waals surface area (Å²) < 4.78 is 6.99. The van der Waals surface area contributed by atoms with Crippen molar-refractivity contribution in [2.75, 3.05) is 11.9 Å². The van der Waals surface area contributed by atoms with Gasteiger partial charge < -0.3 is 14.7 Å². The smallest absolute Gasteiger partial charge is 0.321 e. The maximum absolute atomic E-state index is 14.4. The Balaban J connectivity index is 1.49. The molecular weight excluding hydrogens is 544 g/mol. The van der Waals surface area contributed by atoms with Crippen molar-refractivity contribution in [1.82, 2.24) is 35.1 Å². The van der Waals surface area contributed by atoms with Crippen LogP contribution in [0.5, 0.6) is 0 Å². The van der Waals surface area contributed by atoms with E-state index in [2.05, 4.69) is 30.8 Å². The van der Waals surface area contributed by atoms with Crippen molar-refractivity contribution in [2.45, 2.75) is 6.92 Å². The van der Waals surface area contributed by atoms with E-state index in [-0.39, 0.29) is 23.0 Å². The van der Waals surface area contributed by atoms with Crippen LogP contribution in [-0.2, 0) is 0 Å². The molecular formula is C32H24N8O3. The van der Waals surface area contributed by atoms with E-state index in [1.54, 1.807) is 13.1 Å². The van der Waals surface area contributed by atoms with Gasteiger partial charge in [-0.2, -0.15) is 9.61 Å². The van der Waals surface area contributed by atoms with Crippen molar-refractivity contribution >= 4 is 34.3 Å². The van der Waals surface area contributed by atoms with Crippen LogP contribution in [0.15, 0.2) is 106 Å². The molecule has 0 spiro atoms. The highest BCUT2D eigenvalue weighted by molar-refractivity contribution is 5.93. The Kier molecular flexibility index (Phi) is 6.44. The Morgan fingerprint density at radius 3 is 2.42 bits per heavy atom. The summed E-state index contributed by atoms with van der Waals surface area (Å²) in [6.07, 6.45) is 1.72. The zero-order valence-corrected chi connectivity index (χ0v) is 22.9. The van der Waals surface area contributed by atoms with Crippen molar-refractivity contribution in [3.8, 4) is 33.5 Å². The molecule has 0 saturated carbocycles. The number of amides is 1. The number of nitrogens with zero attached hydrogens (tertiary/aromatic N) is 5. The molecule has 4 heterocycles. The molecule has 4 aromatic heterocycles. The topological polar surface area (TPSA) is 143 Å². The first-order valence-electron chi connectivity index (χ1n) is 13.6. The van der Waals surface area contributed by atoms with E-state index in [0.29, 0.717) is 29.3 Å². The molecule has 210 valence electrons. The summed E-state index contributed by atoms with van der Waals surface area (Å²) in [5.41, 5.74) is 4.91. The molecule has 0 aliphatic carbocycles. The Morgan fingerprint density at radius 2 is 1.65 bits per heavy atom. The van der Waals surface area contributed by atoms with Gasteiger partial charge in [-0.05, 0) is 36.2 Å². The number of benzene rings is 3. The van der Waals surface area contributed by atoms with E-state index in [1.165, 1.54) is 4.52 Å². The predicted molar refractivity (Wildman–Crippen MR) is 163 cm³/mol. The molecule has 11 heteroatoms. The van der Waals surface area contributed by atoms with Crippen LogP contribution in [0.1, 0.15) is 17.6 Å². The van der Waals surface area contributed by atoms with Crippen LogP contribution in [-0.4, -0.2) is 42.2 Å². The van der Waals surface area contributed by atoms with Crippen LogP contribution in [0, 0.1) is 0 Å². The van der Waals surface area contributed by atoms with Crippen LogP contribution in [0.25, 0.3) is 50.1 Å². The fourth-order valence-electron chi connectivity index (χ4n) is 5.05. The van der Waals surface area contributed by atoms with Crippen molar-refractivity contribution in [3.63, 3.8) is 0 Å². The summed E-state index contributed by atoms with van der Waals surface area (Å²) in [4.78, 5) is 34.5. The number of carbonyl (C=O) groups is 1. The van der Waals surface area contributed by atoms with Gasteiger partial charge in [0.15, 0.2) is 0 Å². The third-order valence-electron chi connectivity index (χ3n) is 6.97. The third kappa shape index (κ3) is 4.68. The number of nitrogens with one attached hydrogen (secondary N) is 3. The van der Waals surface area contributed by atoms with Gasteiger partial charge in [0, 0.05) is 23.7 Å². The van der Waals surface area contributed by atoms with Crippen molar-refractivity contribution < 1.29 is 9.21 Å². The molecule has 0 aliphatic rings. The predicted octanol–water partition coefficient (Wildman–Crippen LogP) is 5.45. The van der Waals surface area contributed by atoms with Crippen LogP contribution < -0.4 is 16.2 Å². The summed E-state index contributed by atoms with van der Waals surface area (Å²) in [6.45, 7) is 2.19. The first kappa shape index (κ1) is 25.8. The lowest BCUT2D eigenvalue weighted by Crippen LogP contribution is -2.22. The fraction of sp³-hybridized carbons (Fsp3) is 0.0625. The number of aromatic amines is 1. The first-order chi connectivity index (χ1) is 21.1. The van der Waals surface area contributed by atoms with Crippen LogP contribution in [0.2, 0.25) is 0 Å². The Hall–Kier alpha value is -6.10. The normalized spacial score (nSPS) is 11.2. The second-order valence-corrected chi connectivity index (χ2v) is 9.70. The number of fused-ring (bicyclic) bond motifs is 2. The summed E-state index contributed by atoms with van der Waals surface area (Å²) in [5, 5.41) is 19.2. The third-order valence-corrected chi connectivity index (χ3v) is 6.97. The van der Waals surface area contributed by atoms with E-state index >= 15 is 0 Å². The maximum Gasteiger partial charge on any atom is 0.321 e. The van der Waals surface area contributed by atoms with Crippen LogP contribution >= 0.6 is 0 Å². The largest absolute Gasteiger partial charge is 0.399 e. The van der Waals surface area contributed by atoms with Crippen molar-refractivity contribution in [1.29, 1.82) is 0 Å². The maximum atomic E-state index is 14.4. The number of rotatable bonds is 7. The van der Waals surface area contributed by atoms with Gasteiger partial charge in [0.25, 0.3) is 5.56 Å². The molecule has 43 heavy (non-hydrogen) atoms. The quantitative estimate of drug-likeness (QED) is 0.230. The SMILES string of the molecule is CCNC(=O)c1nnc(Nc2[nH]c3c(-c4ccccc4)c(-c4ccccc4)nn3c(=O)c2-c2ccc3ncccc3c2)o1. The van der Waals surface area contributed by atoms with E-state index in [0.717, 1.165) is 27.6 Å². The second-order valence-electron chi connectivity index (χ2n) is 9.70. The number of hydrogen-bond donors (Lipinski definition) is 3. The summed E-state index contributed by atoms with van der Waals surface area (Å²) in [5.74, 6) is -0.403. The first-order valence-corrected chi connectivity index (χ1v) is 13.6. The zero-order valence-electron chi connectivity index (χ0n) is 22.9. The van der Waals surface area contributed by atoms with Gasteiger partial charge in [-0.3, -0.25) is 19.9 Å². The minimum atomic E-state index is -0.496. The number of carbonyl (C=O) groups excluding carboxylic acids is 1. The number of H-pyrrole nitrogens is 1. The Morgan fingerprint density at radius 1 is 0.884 bits per heavy atom. The lowest BCUT2D eigenvalue weighted by molar-refractivity contribution is 0.0922. The molecule has 0 aliphatic heterocycles. The van der Waals surface area contributed by atoms with Crippen LogP contribution in [0.3, 0.4) is 0 Å². The summed E-state index contributed by atoms with van der Waals surface area (Å²) in [6, 6.07) is 28.7. The average molecular weight is 569 g/mol. The minimum absolute atomic E-state index is 0.0611. The van der Waals surface area contributed by atoms with E-state index in [9.17, 15) is 9.59 Å². The molecule has 7 aromatic rings. The molecule has 11 nitrogen and oxygen atoms in total. The van der Waals surface area contributed by atoms with E-state index in [4.69, 9.17) is 9.52 Å². The fourth-order valence-corrected chi connectivity index (χ4v) is 5.05. The van der Waals surface area contributed by atoms with E-state index in [1.807, 2.05) is 91.0 Å². The summed E-state index contributed by atoms with van der Waals surface area (Å²) >= 11 is 0. The number of anilines is 2. The number of aromatic nitrogens is 6. The molecule has 0 saturated heterocycles. The molecule has 0 atom stereocenters. The van der Waals surface area contributed by atoms with E-state index < -0.39 is 5.91 Å². The molecule has 3 N–H and O–H groups in total. The van der Waals surface area contributed by atoms with Gasteiger partial charge in [-0.1, -0.05) is 77.9 Å². The highest BCUT2D eigenvalue weighted by Crippen LogP contribution is 2.36.